The molecule has 2 aliphatic heterocycles. The number of nitrogens with one attached hydrogen (secondary N) is 1. The standard InChI is InChI=1S/C28H35Cl2FN4O3/c1-19(38-2)17-32-18-22-24(31)5-3-6-25(22)33-11-13-34(14-12-33)28(37)26(35-10-4-7-27(35)36)15-20-8-9-21(29)16-23(20)30/h3,5-6,8-9,16,19,26,32H,4,7,10-15,17-18H2,1-2H3. The summed E-state index contributed by atoms with van der Waals surface area (Å²) in [5.41, 5.74) is 2.22. The highest BCUT2D eigenvalue weighted by Crippen LogP contribution is 2.28. The van der Waals surface area contributed by atoms with Gasteiger partial charge in [-0.3, -0.25) is 9.59 Å². The molecule has 0 aromatic heterocycles. The summed E-state index contributed by atoms with van der Waals surface area (Å²) >= 11 is 12.5. The number of benzene rings is 2. The van der Waals surface area contributed by atoms with Gasteiger partial charge in [-0.1, -0.05) is 35.3 Å². The van der Waals surface area contributed by atoms with Gasteiger partial charge in [0.25, 0.3) is 0 Å². The maximum atomic E-state index is 14.8. The molecule has 2 fully saturated rings. The number of methoxy groups -OCH3 is 1. The summed E-state index contributed by atoms with van der Waals surface area (Å²) in [5.74, 6) is -0.349. The number of hydrogen-bond donors (Lipinski definition) is 1. The molecule has 0 spiro atoms. The van der Waals surface area contributed by atoms with Crippen molar-refractivity contribution in [1.82, 2.24) is 15.1 Å². The predicted molar refractivity (Wildman–Crippen MR) is 148 cm³/mol. The van der Waals surface area contributed by atoms with Crippen LogP contribution in [0.4, 0.5) is 10.1 Å². The first-order valence-electron chi connectivity index (χ1n) is 13.1. The zero-order valence-electron chi connectivity index (χ0n) is 21.9. The second-order valence-electron chi connectivity index (χ2n) is 9.87. The van der Waals surface area contributed by atoms with Crippen LogP contribution in [0.25, 0.3) is 0 Å². The van der Waals surface area contributed by atoms with Crippen molar-refractivity contribution in [3.05, 3.63) is 63.4 Å². The summed E-state index contributed by atoms with van der Waals surface area (Å²) in [4.78, 5) is 32.0. The highest BCUT2D eigenvalue weighted by atomic mass is 35.5. The van der Waals surface area contributed by atoms with Crippen molar-refractivity contribution in [3.8, 4) is 0 Å². The smallest absolute Gasteiger partial charge is 0.245 e. The van der Waals surface area contributed by atoms with Gasteiger partial charge in [0.05, 0.1) is 6.10 Å². The number of carbonyl (C=O) groups is 2. The van der Waals surface area contributed by atoms with E-state index in [9.17, 15) is 14.0 Å². The van der Waals surface area contributed by atoms with E-state index in [1.165, 1.54) is 6.07 Å². The second-order valence-corrected chi connectivity index (χ2v) is 10.7. The van der Waals surface area contributed by atoms with Crippen LogP contribution >= 0.6 is 23.2 Å². The van der Waals surface area contributed by atoms with Crippen molar-refractivity contribution >= 4 is 40.7 Å². The van der Waals surface area contributed by atoms with Crippen LogP contribution in [0.5, 0.6) is 0 Å². The van der Waals surface area contributed by atoms with Gasteiger partial charge in [-0.05, 0) is 43.2 Å². The van der Waals surface area contributed by atoms with Gasteiger partial charge in [0.2, 0.25) is 11.8 Å². The van der Waals surface area contributed by atoms with E-state index in [1.807, 2.05) is 24.0 Å². The van der Waals surface area contributed by atoms with Gasteiger partial charge >= 0.3 is 0 Å². The number of likely N-dealkylation sites (tertiary alicyclic amines) is 1. The monoisotopic (exact) mass is 564 g/mol. The molecule has 2 saturated heterocycles. The summed E-state index contributed by atoms with van der Waals surface area (Å²) in [6.45, 7) is 5.61. The molecule has 2 atom stereocenters. The third-order valence-electron chi connectivity index (χ3n) is 7.36. The molecule has 1 N–H and O–H groups in total. The molecule has 0 aliphatic carbocycles. The fourth-order valence-electron chi connectivity index (χ4n) is 5.11. The molecule has 2 heterocycles. The van der Waals surface area contributed by atoms with Gasteiger partial charge in [0, 0.05) is 87.1 Å². The lowest BCUT2D eigenvalue weighted by molar-refractivity contribution is -0.143. The minimum Gasteiger partial charge on any atom is -0.380 e. The van der Waals surface area contributed by atoms with Crippen LogP contribution in [0.15, 0.2) is 36.4 Å². The second kappa shape index (κ2) is 13.1. The largest absolute Gasteiger partial charge is 0.380 e. The van der Waals surface area contributed by atoms with Gasteiger partial charge in [-0.25, -0.2) is 4.39 Å². The topological polar surface area (TPSA) is 65.1 Å². The molecule has 7 nitrogen and oxygen atoms in total. The van der Waals surface area contributed by atoms with Gasteiger partial charge in [-0.15, -0.1) is 0 Å². The van der Waals surface area contributed by atoms with Crippen molar-refractivity contribution in [2.24, 2.45) is 0 Å². The summed E-state index contributed by atoms with van der Waals surface area (Å²) in [6.07, 6.45) is 1.55. The quantitative estimate of drug-likeness (QED) is 0.470. The average molecular weight is 566 g/mol. The van der Waals surface area contributed by atoms with E-state index in [-0.39, 0.29) is 23.7 Å². The molecule has 0 bridgehead atoms. The molecule has 4 rings (SSSR count). The minimum atomic E-state index is -0.619. The highest BCUT2D eigenvalue weighted by molar-refractivity contribution is 6.35. The Balaban J connectivity index is 1.45. The van der Waals surface area contributed by atoms with Crippen LogP contribution in [0, 0.1) is 5.82 Å². The first-order valence-corrected chi connectivity index (χ1v) is 13.8. The third kappa shape index (κ3) is 6.78. The maximum absolute atomic E-state index is 14.8. The van der Waals surface area contributed by atoms with E-state index in [0.29, 0.717) is 74.3 Å². The number of halogens is 3. The lowest BCUT2D eigenvalue weighted by Gasteiger charge is -2.40. The zero-order chi connectivity index (χ0) is 27.2. The van der Waals surface area contributed by atoms with Crippen LogP contribution in [0.3, 0.4) is 0 Å². The van der Waals surface area contributed by atoms with Gasteiger partial charge in [0.1, 0.15) is 11.9 Å². The number of hydrogen-bond acceptors (Lipinski definition) is 5. The van der Waals surface area contributed by atoms with E-state index in [1.54, 1.807) is 30.2 Å². The molecule has 38 heavy (non-hydrogen) atoms. The number of piperazine rings is 1. The normalized spacial score (nSPS) is 17.7. The lowest BCUT2D eigenvalue weighted by Crippen LogP contribution is -2.56. The van der Waals surface area contributed by atoms with E-state index >= 15 is 0 Å². The Kier molecular flexibility index (Phi) is 9.87. The molecule has 2 aromatic rings. The third-order valence-corrected chi connectivity index (χ3v) is 7.95. The molecule has 206 valence electrons. The fraction of sp³-hybridized carbons (Fsp3) is 0.500. The Morgan fingerprint density at radius 3 is 2.55 bits per heavy atom. The minimum absolute atomic E-state index is 0.00762. The molecule has 2 aliphatic rings. The van der Waals surface area contributed by atoms with Gasteiger partial charge < -0.3 is 24.8 Å². The fourth-order valence-corrected chi connectivity index (χ4v) is 5.59. The zero-order valence-corrected chi connectivity index (χ0v) is 23.4. The first-order chi connectivity index (χ1) is 18.3. The van der Waals surface area contributed by atoms with E-state index < -0.39 is 6.04 Å². The number of amides is 2. The Hall–Kier alpha value is -2.39. The summed E-state index contributed by atoms with van der Waals surface area (Å²) < 4.78 is 20.0. The molecule has 10 heteroatoms. The molecule has 2 unspecified atom stereocenters. The van der Waals surface area contributed by atoms with Crippen molar-refractivity contribution in [2.45, 2.75) is 44.9 Å². The van der Waals surface area contributed by atoms with E-state index in [2.05, 4.69) is 10.2 Å². The number of ether oxygens (including phenoxy) is 1. The van der Waals surface area contributed by atoms with Crippen molar-refractivity contribution in [1.29, 1.82) is 0 Å². The van der Waals surface area contributed by atoms with Crippen molar-refractivity contribution < 1.29 is 18.7 Å². The Morgan fingerprint density at radius 2 is 1.89 bits per heavy atom. The van der Waals surface area contributed by atoms with Crippen molar-refractivity contribution in [2.75, 3.05) is 51.3 Å². The van der Waals surface area contributed by atoms with Gasteiger partial charge in [0.15, 0.2) is 0 Å². The Bertz CT molecular complexity index is 1140. The number of carbonyl (C=O) groups excluding carboxylic acids is 2. The van der Waals surface area contributed by atoms with E-state index in [0.717, 1.165) is 17.7 Å². The van der Waals surface area contributed by atoms with Crippen LogP contribution in [0.1, 0.15) is 30.9 Å². The van der Waals surface area contributed by atoms with Crippen LogP contribution < -0.4 is 10.2 Å². The molecule has 2 amide bonds. The summed E-state index contributed by atoms with van der Waals surface area (Å²) in [5, 5.41) is 4.28. The molecule has 0 radical (unpaired) electrons. The Morgan fingerprint density at radius 1 is 1.13 bits per heavy atom. The van der Waals surface area contributed by atoms with E-state index in [4.69, 9.17) is 27.9 Å². The van der Waals surface area contributed by atoms with Crippen LogP contribution in [0.2, 0.25) is 10.0 Å². The SMILES string of the molecule is COC(C)CNCc1c(F)cccc1N1CCN(C(=O)C(Cc2ccc(Cl)cc2Cl)N2CCCC2=O)CC1. The average Bonchev–Trinajstić information content (AvgIpc) is 3.34. The van der Waals surface area contributed by atoms with Crippen LogP contribution in [-0.4, -0.2) is 80.1 Å². The molecular weight excluding hydrogens is 530 g/mol. The number of rotatable bonds is 10. The maximum Gasteiger partial charge on any atom is 0.245 e. The van der Waals surface area contributed by atoms with Gasteiger partial charge in [-0.2, -0.15) is 0 Å². The molecular formula is C28H35Cl2FN4O3. The lowest BCUT2D eigenvalue weighted by atomic mass is 10.0. The Labute approximate surface area is 233 Å². The molecule has 2 aromatic carbocycles. The summed E-state index contributed by atoms with van der Waals surface area (Å²) in [7, 11) is 1.65. The number of anilines is 1. The first kappa shape index (κ1) is 28.6. The number of nitrogens with zero attached hydrogens (tertiary/aromatic N) is 3. The predicted octanol–water partition coefficient (Wildman–Crippen LogP) is 4.14. The summed E-state index contributed by atoms with van der Waals surface area (Å²) in [6, 6.07) is 9.71. The molecule has 0 saturated carbocycles. The van der Waals surface area contributed by atoms with Crippen molar-refractivity contribution in [3.63, 3.8) is 0 Å². The highest BCUT2D eigenvalue weighted by Gasteiger charge is 2.37. The van der Waals surface area contributed by atoms with Crippen LogP contribution in [-0.2, 0) is 27.3 Å².